The molecule has 0 radical (unpaired) electrons. The quantitative estimate of drug-likeness (QED) is 0.751. The standard InChI is InChI=1S/C12H20N2O2S/c1-8-9(2)13-10(3)14-6-11(5-12(8)14)7-17(4,15)16/h9,11H,5-7H2,1-4H3/t9-,11?/m1/s1. The SMILES string of the molecule is CC1=N[C@H](C)C(C)=C2CC(CS(C)(=O)=O)CN12. The van der Waals surface area contributed by atoms with Crippen molar-refractivity contribution >= 4 is 15.7 Å². The molecule has 0 spiro atoms. The first-order valence-corrected chi connectivity index (χ1v) is 8.03. The highest BCUT2D eigenvalue weighted by molar-refractivity contribution is 7.90. The number of amidine groups is 1. The number of aliphatic imine (C=N–C) groups is 1. The Labute approximate surface area is 103 Å². The minimum absolute atomic E-state index is 0.213. The Balaban J connectivity index is 2.22. The summed E-state index contributed by atoms with van der Waals surface area (Å²) in [5, 5.41) is 0. The van der Waals surface area contributed by atoms with Gasteiger partial charge in [-0.25, -0.2) is 8.42 Å². The monoisotopic (exact) mass is 256 g/mol. The van der Waals surface area contributed by atoms with E-state index in [0.717, 1.165) is 18.8 Å². The van der Waals surface area contributed by atoms with Crippen LogP contribution in [0.3, 0.4) is 0 Å². The van der Waals surface area contributed by atoms with Gasteiger partial charge in [0.25, 0.3) is 0 Å². The van der Waals surface area contributed by atoms with E-state index in [9.17, 15) is 8.42 Å². The Hall–Kier alpha value is -0.840. The molecule has 0 aromatic carbocycles. The van der Waals surface area contributed by atoms with Gasteiger partial charge in [-0.2, -0.15) is 0 Å². The minimum atomic E-state index is -2.89. The van der Waals surface area contributed by atoms with Crippen LogP contribution in [0.1, 0.15) is 27.2 Å². The topological polar surface area (TPSA) is 49.7 Å². The number of hydrogen-bond donors (Lipinski definition) is 0. The number of fused-ring (bicyclic) bond motifs is 1. The molecule has 0 amide bonds. The fourth-order valence-corrected chi connectivity index (χ4v) is 3.83. The lowest BCUT2D eigenvalue weighted by atomic mass is 10.0. The third-order valence-electron chi connectivity index (χ3n) is 3.64. The van der Waals surface area contributed by atoms with Crippen molar-refractivity contribution < 1.29 is 8.42 Å². The number of rotatable bonds is 2. The van der Waals surface area contributed by atoms with Crippen LogP contribution in [0.25, 0.3) is 0 Å². The summed E-state index contributed by atoms with van der Waals surface area (Å²) in [5.41, 5.74) is 2.57. The van der Waals surface area contributed by atoms with Gasteiger partial charge in [0.2, 0.25) is 0 Å². The summed E-state index contributed by atoms with van der Waals surface area (Å²) in [6.07, 6.45) is 2.19. The first-order valence-electron chi connectivity index (χ1n) is 5.97. The van der Waals surface area contributed by atoms with E-state index in [4.69, 9.17) is 0 Å². The van der Waals surface area contributed by atoms with Crippen LogP contribution in [0.2, 0.25) is 0 Å². The van der Waals surface area contributed by atoms with Crippen LogP contribution in [0.5, 0.6) is 0 Å². The highest BCUT2D eigenvalue weighted by Gasteiger charge is 2.34. The first kappa shape index (κ1) is 12.6. The van der Waals surface area contributed by atoms with Gasteiger partial charge in [0.05, 0.1) is 11.8 Å². The summed E-state index contributed by atoms with van der Waals surface area (Å²) >= 11 is 0. The largest absolute Gasteiger partial charge is 0.334 e. The molecule has 1 unspecified atom stereocenters. The predicted octanol–water partition coefficient (Wildman–Crippen LogP) is 1.45. The van der Waals surface area contributed by atoms with Gasteiger partial charge in [0.1, 0.15) is 15.7 Å². The van der Waals surface area contributed by atoms with E-state index in [0.29, 0.717) is 0 Å². The molecule has 17 heavy (non-hydrogen) atoms. The molecule has 1 saturated heterocycles. The fraction of sp³-hybridized carbons (Fsp3) is 0.750. The molecular formula is C12H20N2O2S. The van der Waals surface area contributed by atoms with Crippen molar-refractivity contribution in [1.29, 1.82) is 0 Å². The van der Waals surface area contributed by atoms with Crippen LogP contribution in [0, 0.1) is 5.92 Å². The summed E-state index contributed by atoms with van der Waals surface area (Å²) in [6, 6.07) is 0.234. The van der Waals surface area contributed by atoms with Gasteiger partial charge >= 0.3 is 0 Å². The minimum Gasteiger partial charge on any atom is -0.334 e. The van der Waals surface area contributed by atoms with Crippen molar-refractivity contribution in [3.05, 3.63) is 11.3 Å². The molecule has 2 heterocycles. The first-order chi connectivity index (χ1) is 7.78. The number of hydrogen-bond acceptors (Lipinski definition) is 4. The van der Waals surface area contributed by atoms with Crippen LogP contribution in [-0.2, 0) is 9.84 Å². The molecule has 5 heteroatoms. The Bertz CT molecular complexity index is 491. The highest BCUT2D eigenvalue weighted by atomic mass is 32.2. The molecule has 0 aromatic heterocycles. The molecule has 4 nitrogen and oxygen atoms in total. The van der Waals surface area contributed by atoms with Gasteiger partial charge in [0, 0.05) is 18.5 Å². The summed E-state index contributed by atoms with van der Waals surface area (Å²) < 4.78 is 22.7. The fourth-order valence-electron chi connectivity index (χ4n) is 2.75. The maximum atomic E-state index is 11.4. The molecule has 2 aliphatic rings. The van der Waals surface area contributed by atoms with E-state index in [1.54, 1.807) is 0 Å². The maximum Gasteiger partial charge on any atom is 0.147 e. The Kier molecular flexibility index (Phi) is 3.06. The average molecular weight is 256 g/mol. The molecule has 0 bridgehead atoms. The molecule has 0 N–H and O–H groups in total. The third-order valence-corrected chi connectivity index (χ3v) is 4.72. The van der Waals surface area contributed by atoms with E-state index in [1.165, 1.54) is 17.5 Å². The smallest absolute Gasteiger partial charge is 0.147 e. The molecule has 0 saturated carbocycles. The van der Waals surface area contributed by atoms with E-state index in [2.05, 4.69) is 23.7 Å². The average Bonchev–Trinajstić information content (AvgIpc) is 2.56. The molecule has 96 valence electrons. The van der Waals surface area contributed by atoms with Crippen LogP contribution in [0.4, 0.5) is 0 Å². The Morgan fingerprint density at radius 1 is 1.41 bits per heavy atom. The van der Waals surface area contributed by atoms with Crippen molar-refractivity contribution in [2.45, 2.75) is 33.2 Å². The van der Waals surface area contributed by atoms with Crippen LogP contribution in [0.15, 0.2) is 16.3 Å². The van der Waals surface area contributed by atoms with Gasteiger partial charge in [-0.3, -0.25) is 4.99 Å². The summed E-state index contributed by atoms with van der Waals surface area (Å²) in [6.45, 7) is 6.99. The number of nitrogens with zero attached hydrogens (tertiary/aromatic N) is 2. The van der Waals surface area contributed by atoms with Crippen molar-refractivity contribution in [2.75, 3.05) is 18.6 Å². The van der Waals surface area contributed by atoms with Crippen LogP contribution >= 0.6 is 0 Å². The molecule has 1 fully saturated rings. The van der Waals surface area contributed by atoms with Gasteiger partial charge < -0.3 is 4.90 Å². The van der Waals surface area contributed by atoms with Crippen molar-refractivity contribution in [3.63, 3.8) is 0 Å². The van der Waals surface area contributed by atoms with E-state index in [-0.39, 0.29) is 17.7 Å². The molecular weight excluding hydrogens is 236 g/mol. The van der Waals surface area contributed by atoms with Crippen molar-refractivity contribution in [3.8, 4) is 0 Å². The number of allylic oxidation sites excluding steroid dienone is 1. The van der Waals surface area contributed by atoms with Gasteiger partial charge in [0.15, 0.2) is 0 Å². The Morgan fingerprint density at radius 2 is 2.06 bits per heavy atom. The van der Waals surface area contributed by atoms with E-state index in [1.807, 2.05) is 6.92 Å². The second kappa shape index (κ2) is 4.12. The molecule has 0 aliphatic carbocycles. The highest BCUT2D eigenvalue weighted by Crippen LogP contribution is 2.34. The molecule has 2 atom stereocenters. The molecule has 2 rings (SSSR count). The van der Waals surface area contributed by atoms with E-state index >= 15 is 0 Å². The zero-order chi connectivity index (χ0) is 12.8. The Morgan fingerprint density at radius 3 is 2.65 bits per heavy atom. The second-order valence-electron chi connectivity index (χ2n) is 5.26. The van der Waals surface area contributed by atoms with Gasteiger partial charge in [-0.1, -0.05) is 0 Å². The lowest BCUT2D eigenvalue weighted by molar-refractivity contribution is 0.503. The molecule has 2 aliphatic heterocycles. The predicted molar refractivity (Wildman–Crippen MR) is 69.8 cm³/mol. The maximum absolute atomic E-state index is 11.4. The normalized spacial score (nSPS) is 29.4. The summed E-state index contributed by atoms with van der Waals surface area (Å²) in [4.78, 5) is 6.76. The van der Waals surface area contributed by atoms with Crippen LogP contribution in [-0.4, -0.2) is 43.7 Å². The summed E-state index contributed by atoms with van der Waals surface area (Å²) in [7, 11) is -2.89. The zero-order valence-electron chi connectivity index (χ0n) is 10.9. The summed E-state index contributed by atoms with van der Waals surface area (Å²) in [5.74, 6) is 1.52. The van der Waals surface area contributed by atoms with Crippen molar-refractivity contribution in [2.24, 2.45) is 10.9 Å². The van der Waals surface area contributed by atoms with Gasteiger partial charge in [-0.05, 0) is 38.7 Å². The van der Waals surface area contributed by atoms with E-state index < -0.39 is 9.84 Å². The number of sulfone groups is 1. The van der Waals surface area contributed by atoms with Crippen LogP contribution < -0.4 is 0 Å². The van der Waals surface area contributed by atoms with Gasteiger partial charge in [-0.15, -0.1) is 0 Å². The zero-order valence-corrected chi connectivity index (χ0v) is 11.7. The third kappa shape index (κ3) is 2.54. The second-order valence-corrected chi connectivity index (χ2v) is 7.44. The molecule has 0 aromatic rings. The lowest BCUT2D eigenvalue weighted by Crippen LogP contribution is -2.32. The van der Waals surface area contributed by atoms with Crippen molar-refractivity contribution in [1.82, 2.24) is 4.90 Å². The lowest BCUT2D eigenvalue weighted by Gasteiger charge is -2.28.